The number of aromatic amines is 1. The van der Waals surface area contributed by atoms with Crippen molar-refractivity contribution >= 4 is 0 Å². The molecule has 0 aromatic carbocycles. The standard InChI is InChI=1S/C16H25N5/c1-5-21-13(4)14(12(3)19-21)10-20-8-6-7-15(20)16-17-9-11(2)18-16/h9,15H,5-8,10H2,1-4H3,(H,17,18)/t15-/m1/s1. The van der Waals surface area contributed by atoms with E-state index in [1.807, 2.05) is 6.20 Å². The van der Waals surface area contributed by atoms with Crippen molar-refractivity contribution in [2.75, 3.05) is 6.54 Å². The maximum Gasteiger partial charge on any atom is 0.123 e. The lowest BCUT2D eigenvalue weighted by molar-refractivity contribution is 0.239. The minimum Gasteiger partial charge on any atom is -0.345 e. The Morgan fingerprint density at radius 3 is 2.76 bits per heavy atom. The number of rotatable bonds is 4. The quantitative estimate of drug-likeness (QED) is 0.940. The van der Waals surface area contributed by atoms with Crippen LogP contribution in [0.15, 0.2) is 6.20 Å². The topological polar surface area (TPSA) is 49.7 Å². The van der Waals surface area contributed by atoms with E-state index < -0.39 is 0 Å². The van der Waals surface area contributed by atoms with Crippen molar-refractivity contribution in [3.05, 3.63) is 34.7 Å². The van der Waals surface area contributed by atoms with E-state index in [-0.39, 0.29) is 0 Å². The van der Waals surface area contributed by atoms with E-state index >= 15 is 0 Å². The number of hydrogen-bond donors (Lipinski definition) is 1. The molecule has 1 fully saturated rings. The van der Waals surface area contributed by atoms with E-state index in [0.717, 1.165) is 36.8 Å². The van der Waals surface area contributed by atoms with Gasteiger partial charge in [-0.3, -0.25) is 9.58 Å². The molecule has 0 spiro atoms. The second-order valence-corrected chi connectivity index (χ2v) is 6.05. The van der Waals surface area contributed by atoms with Gasteiger partial charge in [0.15, 0.2) is 0 Å². The lowest BCUT2D eigenvalue weighted by atomic mass is 10.1. The highest BCUT2D eigenvalue weighted by atomic mass is 15.3. The molecule has 1 aliphatic rings. The van der Waals surface area contributed by atoms with Gasteiger partial charge in [0.1, 0.15) is 5.82 Å². The predicted molar refractivity (Wildman–Crippen MR) is 83.1 cm³/mol. The average Bonchev–Trinajstić information content (AvgIpc) is 3.14. The van der Waals surface area contributed by atoms with Crippen molar-refractivity contribution in [3.8, 4) is 0 Å². The molecule has 3 heterocycles. The number of nitrogens with zero attached hydrogens (tertiary/aromatic N) is 4. The Morgan fingerprint density at radius 2 is 2.14 bits per heavy atom. The van der Waals surface area contributed by atoms with Gasteiger partial charge >= 0.3 is 0 Å². The van der Waals surface area contributed by atoms with E-state index in [2.05, 4.69) is 52.3 Å². The van der Waals surface area contributed by atoms with Crippen LogP contribution in [-0.4, -0.2) is 31.2 Å². The molecule has 1 saturated heterocycles. The smallest absolute Gasteiger partial charge is 0.123 e. The first-order valence-electron chi connectivity index (χ1n) is 7.88. The summed E-state index contributed by atoms with van der Waals surface area (Å²) in [5.41, 5.74) is 4.99. The summed E-state index contributed by atoms with van der Waals surface area (Å²) in [7, 11) is 0. The summed E-state index contributed by atoms with van der Waals surface area (Å²) >= 11 is 0. The third-order valence-corrected chi connectivity index (χ3v) is 4.59. The van der Waals surface area contributed by atoms with Crippen LogP contribution < -0.4 is 0 Å². The minimum absolute atomic E-state index is 0.419. The first-order chi connectivity index (χ1) is 10.1. The molecule has 5 nitrogen and oxygen atoms in total. The third kappa shape index (κ3) is 2.62. The summed E-state index contributed by atoms with van der Waals surface area (Å²) < 4.78 is 2.10. The van der Waals surface area contributed by atoms with Crippen molar-refractivity contribution in [1.29, 1.82) is 0 Å². The van der Waals surface area contributed by atoms with E-state index in [4.69, 9.17) is 0 Å². The van der Waals surface area contributed by atoms with E-state index in [1.54, 1.807) is 0 Å². The van der Waals surface area contributed by atoms with Crippen LogP contribution in [0.25, 0.3) is 0 Å². The minimum atomic E-state index is 0.419. The highest BCUT2D eigenvalue weighted by Crippen LogP contribution is 2.32. The van der Waals surface area contributed by atoms with Crippen LogP contribution in [-0.2, 0) is 13.1 Å². The maximum atomic E-state index is 4.64. The molecule has 1 aliphatic heterocycles. The van der Waals surface area contributed by atoms with Crippen molar-refractivity contribution in [2.24, 2.45) is 0 Å². The summed E-state index contributed by atoms with van der Waals surface area (Å²) in [6.45, 7) is 11.6. The molecule has 0 unspecified atom stereocenters. The van der Waals surface area contributed by atoms with Crippen LogP contribution in [0.4, 0.5) is 0 Å². The molecule has 3 rings (SSSR count). The van der Waals surface area contributed by atoms with Gasteiger partial charge in [-0.25, -0.2) is 4.98 Å². The molecule has 1 atom stereocenters. The normalized spacial score (nSPS) is 19.5. The number of aryl methyl sites for hydroxylation is 3. The molecule has 0 amide bonds. The molecular formula is C16H25N5. The van der Waals surface area contributed by atoms with Gasteiger partial charge in [0, 0.05) is 36.2 Å². The van der Waals surface area contributed by atoms with Gasteiger partial charge in [0.05, 0.1) is 11.7 Å². The van der Waals surface area contributed by atoms with Crippen LogP contribution in [0.3, 0.4) is 0 Å². The fraction of sp³-hybridized carbons (Fsp3) is 0.625. The van der Waals surface area contributed by atoms with Gasteiger partial charge in [-0.1, -0.05) is 0 Å². The monoisotopic (exact) mass is 287 g/mol. The Morgan fingerprint density at radius 1 is 1.33 bits per heavy atom. The Bertz CT molecular complexity index is 625. The Kier molecular flexibility index (Phi) is 3.85. The largest absolute Gasteiger partial charge is 0.345 e. The zero-order valence-corrected chi connectivity index (χ0v) is 13.5. The zero-order chi connectivity index (χ0) is 15.0. The molecule has 1 N–H and O–H groups in total. The van der Waals surface area contributed by atoms with Crippen molar-refractivity contribution in [2.45, 2.75) is 59.7 Å². The van der Waals surface area contributed by atoms with Crippen molar-refractivity contribution in [1.82, 2.24) is 24.6 Å². The van der Waals surface area contributed by atoms with E-state index in [9.17, 15) is 0 Å². The fourth-order valence-electron chi connectivity index (χ4n) is 3.40. The first kappa shape index (κ1) is 14.3. The number of hydrogen-bond acceptors (Lipinski definition) is 3. The molecule has 2 aromatic rings. The lowest BCUT2D eigenvalue weighted by Crippen LogP contribution is -2.24. The number of aromatic nitrogens is 4. The highest BCUT2D eigenvalue weighted by molar-refractivity contribution is 5.25. The number of likely N-dealkylation sites (tertiary alicyclic amines) is 1. The number of imidazole rings is 1. The van der Waals surface area contributed by atoms with Gasteiger partial charge in [-0.15, -0.1) is 0 Å². The Balaban J connectivity index is 1.82. The predicted octanol–water partition coefficient (Wildman–Crippen LogP) is 2.89. The van der Waals surface area contributed by atoms with Crippen molar-refractivity contribution < 1.29 is 0 Å². The van der Waals surface area contributed by atoms with E-state index in [0.29, 0.717) is 6.04 Å². The second kappa shape index (κ2) is 5.64. The molecule has 0 bridgehead atoms. The van der Waals surface area contributed by atoms with Crippen molar-refractivity contribution in [3.63, 3.8) is 0 Å². The summed E-state index contributed by atoms with van der Waals surface area (Å²) in [5, 5.41) is 4.64. The molecule has 114 valence electrons. The van der Waals surface area contributed by atoms with Crippen LogP contribution in [0.1, 0.15) is 54.3 Å². The van der Waals surface area contributed by atoms with E-state index in [1.165, 1.54) is 24.1 Å². The Labute approximate surface area is 126 Å². The SMILES string of the molecule is CCn1nc(C)c(CN2CCC[C@@H]2c2ncc(C)[nH]2)c1C. The Hall–Kier alpha value is -1.62. The molecule has 21 heavy (non-hydrogen) atoms. The molecule has 5 heteroatoms. The fourth-order valence-corrected chi connectivity index (χ4v) is 3.40. The van der Waals surface area contributed by atoms with Crippen LogP contribution >= 0.6 is 0 Å². The average molecular weight is 287 g/mol. The van der Waals surface area contributed by atoms with Gasteiger partial charge in [-0.05, 0) is 47.1 Å². The maximum absolute atomic E-state index is 4.64. The summed E-state index contributed by atoms with van der Waals surface area (Å²) in [4.78, 5) is 10.5. The molecular weight excluding hydrogens is 262 g/mol. The molecule has 0 saturated carbocycles. The first-order valence-corrected chi connectivity index (χ1v) is 7.88. The number of H-pyrrole nitrogens is 1. The number of nitrogens with one attached hydrogen (secondary N) is 1. The van der Waals surface area contributed by atoms with Crippen LogP contribution in [0.2, 0.25) is 0 Å². The van der Waals surface area contributed by atoms with Crippen LogP contribution in [0, 0.1) is 20.8 Å². The zero-order valence-electron chi connectivity index (χ0n) is 13.5. The van der Waals surface area contributed by atoms with Crippen LogP contribution in [0.5, 0.6) is 0 Å². The molecule has 2 aromatic heterocycles. The summed E-state index contributed by atoms with van der Waals surface area (Å²) in [6.07, 6.45) is 4.36. The lowest BCUT2D eigenvalue weighted by Gasteiger charge is -2.23. The highest BCUT2D eigenvalue weighted by Gasteiger charge is 2.29. The molecule has 0 aliphatic carbocycles. The van der Waals surface area contributed by atoms with Gasteiger partial charge < -0.3 is 4.98 Å². The summed E-state index contributed by atoms with van der Waals surface area (Å²) in [5.74, 6) is 1.11. The van der Waals surface area contributed by atoms with Gasteiger partial charge in [-0.2, -0.15) is 5.10 Å². The van der Waals surface area contributed by atoms with Gasteiger partial charge in [0.2, 0.25) is 0 Å². The summed E-state index contributed by atoms with van der Waals surface area (Å²) in [6, 6.07) is 0.419. The second-order valence-electron chi connectivity index (χ2n) is 6.05. The molecule has 0 radical (unpaired) electrons. The third-order valence-electron chi connectivity index (χ3n) is 4.59. The van der Waals surface area contributed by atoms with Gasteiger partial charge in [0.25, 0.3) is 0 Å².